The highest BCUT2D eigenvalue weighted by Gasteiger charge is 2.20. The van der Waals surface area contributed by atoms with E-state index in [1.165, 1.54) is 6.20 Å². The third-order valence-electron chi connectivity index (χ3n) is 3.32. The van der Waals surface area contributed by atoms with Gasteiger partial charge in [-0.05, 0) is 35.2 Å². The molecule has 0 saturated heterocycles. The molecule has 116 valence electrons. The van der Waals surface area contributed by atoms with Crippen LogP contribution in [0.4, 0.5) is 0 Å². The number of hydrogen-bond donors (Lipinski definition) is 1. The number of thiophene rings is 1. The van der Waals surface area contributed by atoms with E-state index < -0.39 is 0 Å². The lowest BCUT2D eigenvalue weighted by Gasteiger charge is -2.18. The molecule has 6 heteroatoms. The fourth-order valence-corrected chi connectivity index (χ4v) is 3.33. The molecule has 1 atom stereocenters. The van der Waals surface area contributed by atoms with E-state index in [1.807, 2.05) is 41.8 Å². The van der Waals surface area contributed by atoms with Crippen molar-refractivity contribution in [3.63, 3.8) is 0 Å². The fraction of sp³-hybridized carbons (Fsp3) is 0.0588. The van der Waals surface area contributed by atoms with Crippen LogP contribution >= 0.6 is 34.5 Å². The highest BCUT2D eigenvalue weighted by molar-refractivity contribution is 7.10. The first-order valence-electron chi connectivity index (χ1n) is 6.84. The molecule has 3 nitrogen and oxygen atoms in total. The summed E-state index contributed by atoms with van der Waals surface area (Å²) in [4.78, 5) is 17.5. The minimum atomic E-state index is -0.260. The lowest BCUT2D eigenvalue weighted by Crippen LogP contribution is -2.29. The molecule has 0 aliphatic rings. The van der Waals surface area contributed by atoms with Gasteiger partial charge in [-0.25, -0.2) is 0 Å². The number of pyridine rings is 1. The summed E-state index contributed by atoms with van der Waals surface area (Å²) >= 11 is 13.6. The zero-order chi connectivity index (χ0) is 16.2. The van der Waals surface area contributed by atoms with Gasteiger partial charge in [0.2, 0.25) is 0 Å². The maximum absolute atomic E-state index is 12.6. The van der Waals surface area contributed by atoms with Crippen molar-refractivity contribution in [1.82, 2.24) is 10.3 Å². The zero-order valence-corrected chi connectivity index (χ0v) is 14.2. The third kappa shape index (κ3) is 3.72. The molecule has 1 N–H and O–H groups in total. The van der Waals surface area contributed by atoms with Gasteiger partial charge in [-0.1, -0.05) is 41.4 Å². The molecule has 0 fully saturated rings. The SMILES string of the molecule is O=C(N[C@H](c1ccc(Cl)cc1)c1cccs1)c1ccncc1Cl. The van der Waals surface area contributed by atoms with Gasteiger partial charge in [-0.15, -0.1) is 11.3 Å². The predicted molar refractivity (Wildman–Crippen MR) is 94.3 cm³/mol. The summed E-state index contributed by atoms with van der Waals surface area (Å²) < 4.78 is 0. The van der Waals surface area contributed by atoms with Crippen molar-refractivity contribution in [2.45, 2.75) is 6.04 Å². The summed E-state index contributed by atoms with van der Waals surface area (Å²) in [6.45, 7) is 0. The molecule has 2 heterocycles. The normalized spacial score (nSPS) is 11.9. The Kier molecular flexibility index (Phi) is 4.96. The van der Waals surface area contributed by atoms with Gasteiger partial charge < -0.3 is 5.32 Å². The molecule has 0 spiro atoms. The average molecular weight is 363 g/mol. The molecule has 0 unspecified atom stereocenters. The molecule has 0 aliphatic carbocycles. The van der Waals surface area contributed by atoms with Crippen LogP contribution in [0.15, 0.2) is 60.2 Å². The first-order chi connectivity index (χ1) is 11.1. The van der Waals surface area contributed by atoms with E-state index in [-0.39, 0.29) is 11.9 Å². The van der Waals surface area contributed by atoms with Crippen LogP contribution in [0.3, 0.4) is 0 Å². The van der Waals surface area contributed by atoms with Gasteiger partial charge in [0.15, 0.2) is 0 Å². The summed E-state index contributed by atoms with van der Waals surface area (Å²) in [7, 11) is 0. The van der Waals surface area contributed by atoms with Crippen molar-refractivity contribution >= 4 is 40.4 Å². The molecule has 1 amide bonds. The van der Waals surface area contributed by atoms with Gasteiger partial charge in [0.25, 0.3) is 5.91 Å². The number of rotatable bonds is 4. The van der Waals surface area contributed by atoms with Gasteiger partial charge in [-0.2, -0.15) is 0 Å². The van der Waals surface area contributed by atoms with Crippen molar-refractivity contribution in [1.29, 1.82) is 0 Å². The number of benzene rings is 1. The van der Waals surface area contributed by atoms with Crippen molar-refractivity contribution in [3.05, 3.63) is 86.3 Å². The first kappa shape index (κ1) is 16.0. The Balaban J connectivity index is 1.92. The number of halogens is 2. The number of carbonyl (C=O) groups is 1. The second-order valence-electron chi connectivity index (χ2n) is 4.83. The largest absolute Gasteiger partial charge is 0.340 e. The van der Waals surface area contributed by atoms with Crippen molar-refractivity contribution < 1.29 is 4.79 Å². The van der Waals surface area contributed by atoms with Crippen molar-refractivity contribution in [2.24, 2.45) is 0 Å². The molecule has 0 saturated carbocycles. The van der Waals surface area contributed by atoms with Gasteiger partial charge in [0, 0.05) is 22.3 Å². The van der Waals surface area contributed by atoms with E-state index >= 15 is 0 Å². The quantitative estimate of drug-likeness (QED) is 0.711. The molecule has 23 heavy (non-hydrogen) atoms. The lowest BCUT2D eigenvalue weighted by molar-refractivity contribution is 0.0943. The van der Waals surface area contributed by atoms with Gasteiger partial charge >= 0.3 is 0 Å². The number of amides is 1. The van der Waals surface area contributed by atoms with Crippen LogP contribution in [0, 0.1) is 0 Å². The highest BCUT2D eigenvalue weighted by Crippen LogP contribution is 2.28. The number of nitrogens with one attached hydrogen (secondary N) is 1. The highest BCUT2D eigenvalue weighted by atomic mass is 35.5. The van der Waals surface area contributed by atoms with E-state index in [9.17, 15) is 4.79 Å². The monoisotopic (exact) mass is 362 g/mol. The van der Waals surface area contributed by atoms with E-state index in [1.54, 1.807) is 23.6 Å². The average Bonchev–Trinajstić information content (AvgIpc) is 3.08. The maximum atomic E-state index is 12.6. The number of aromatic nitrogens is 1. The zero-order valence-electron chi connectivity index (χ0n) is 11.9. The Morgan fingerprint density at radius 1 is 1.13 bits per heavy atom. The molecule has 3 aromatic rings. The minimum Gasteiger partial charge on any atom is -0.340 e. The standard InChI is InChI=1S/C17H12Cl2N2OS/c18-12-5-3-11(4-6-12)16(15-2-1-9-23-15)21-17(22)13-7-8-20-10-14(13)19/h1-10,16H,(H,21,22)/t16-/m1/s1. The Morgan fingerprint density at radius 2 is 1.91 bits per heavy atom. The second-order valence-corrected chi connectivity index (χ2v) is 6.65. The van der Waals surface area contributed by atoms with Crippen LogP contribution in [0.1, 0.15) is 26.8 Å². The Labute approximate surface area is 147 Å². The second kappa shape index (κ2) is 7.13. The van der Waals surface area contributed by atoms with Crippen molar-refractivity contribution in [2.75, 3.05) is 0 Å². The molecule has 1 aromatic carbocycles. The van der Waals surface area contributed by atoms with Crippen molar-refractivity contribution in [3.8, 4) is 0 Å². The van der Waals surface area contributed by atoms with Gasteiger partial charge in [0.05, 0.1) is 16.6 Å². The molecule has 2 aromatic heterocycles. The summed E-state index contributed by atoms with van der Waals surface area (Å²) in [6.07, 6.45) is 3.00. The number of nitrogens with zero attached hydrogens (tertiary/aromatic N) is 1. The van der Waals surface area contributed by atoms with Crippen LogP contribution < -0.4 is 5.32 Å². The lowest BCUT2D eigenvalue weighted by atomic mass is 10.0. The summed E-state index contributed by atoms with van der Waals surface area (Å²) in [5.41, 5.74) is 1.35. The molecule has 0 radical (unpaired) electrons. The third-order valence-corrected chi connectivity index (χ3v) is 4.81. The summed E-state index contributed by atoms with van der Waals surface area (Å²) in [5.74, 6) is -0.245. The van der Waals surface area contributed by atoms with E-state index in [0.29, 0.717) is 15.6 Å². The molecule has 0 bridgehead atoms. The molecule has 0 aliphatic heterocycles. The van der Waals surface area contributed by atoms with Crippen LogP contribution in [-0.4, -0.2) is 10.9 Å². The van der Waals surface area contributed by atoms with Gasteiger partial charge in [-0.3, -0.25) is 9.78 Å². The minimum absolute atomic E-state index is 0.245. The Morgan fingerprint density at radius 3 is 2.57 bits per heavy atom. The topological polar surface area (TPSA) is 42.0 Å². The number of carbonyl (C=O) groups excluding carboxylic acids is 1. The Bertz CT molecular complexity index is 804. The van der Waals surface area contributed by atoms with Crippen LogP contribution in [0.2, 0.25) is 10.0 Å². The Hall–Kier alpha value is -1.88. The summed E-state index contributed by atoms with van der Waals surface area (Å²) in [5, 5.41) is 5.98. The van der Waals surface area contributed by atoms with Crippen LogP contribution in [-0.2, 0) is 0 Å². The maximum Gasteiger partial charge on any atom is 0.253 e. The fourth-order valence-electron chi connectivity index (χ4n) is 2.20. The molecule has 3 rings (SSSR count). The first-order valence-corrected chi connectivity index (χ1v) is 8.48. The van der Waals surface area contributed by atoms with E-state index in [0.717, 1.165) is 10.4 Å². The summed E-state index contributed by atoms with van der Waals surface area (Å²) in [6, 6.07) is 12.7. The van der Waals surface area contributed by atoms with Crippen LogP contribution in [0.5, 0.6) is 0 Å². The van der Waals surface area contributed by atoms with E-state index in [4.69, 9.17) is 23.2 Å². The predicted octanol–water partition coefficient (Wildman–Crippen LogP) is 4.97. The molecular formula is C17H12Cl2N2OS. The number of hydrogen-bond acceptors (Lipinski definition) is 3. The van der Waals surface area contributed by atoms with Crippen LogP contribution in [0.25, 0.3) is 0 Å². The smallest absolute Gasteiger partial charge is 0.253 e. The van der Waals surface area contributed by atoms with Gasteiger partial charge in [0.1, 0.15) is 0 Å². The van der Waals surface area contributed by atoms with E-state index in [2.05, 4.69) is 10.3 Å². The molecular weight excluding hydrogens is 351 g/mol.